The predicted molar refractivity (Wildman–Crippen MR) is 93.5 cm³/mol. The summed E-state index contributed by atoms with van der Waals surface area (Å²) in [5.41, 5.74) is 3.08. The molecule has 0 saturated carbocycles. The molecule has 3 nitrogen and oxygen atoms in total. The third kappa shape index (κ3) is 4.02. The number of hydrogen-bond acceptors (Lipinski definition) is 3. The van der Waals surface area contributed by atoms with Gasteiger partial charge in [-0.15, -0.1) is 0 Å². The molecule has 0 aliphatic heterocycles. The van der Waals surface area contributed by atoms with Gasteiger partial charge in [0.05, 0.1) is 0 Å². The lowest BCUT2D eigenvalue weighted by atomic mass is 9.86. The van der Waals surface area contributed by atoms with Crippen LogP contribution in [0.15, 0.2) is 60.7 Å². The van der Waals surface area contributed by atoms with Gasteiger partial charge in [0, 0.05) is 5.56 Å². The van der Waals surface area contributed by atoms with Crippen molar-refractivity contribution in [1.82, 2.24) is 5.32 Å². The number of allylic oxidation sites excluding steroid dienone is 1. The van der Waals surface area contributed by atoms with E-state index < -0.39 is 11.6 Å². The molecule has 0 heterocycles. The largest absolute Gasteiger partial charge is 0.317 e. The van der Waals surface area contributed by atoms with Crippen molar-refractivity contribution in [2.45, 2.75) is 13.8 Å². The Morgan fingerprint density at radius 1 is 0.783 bits per heavy atom. The van der Waals surface area contributed by atoms with Crippen LogP contribution in [0.1, 0.15) is 35.3 Å². The Morgan fingerprint density at radius 2 is 1.35 bits per heavy atom. The summed E-state index contributed by atoms with van der Waals surface area (Å²) in [6, 6.07) is 16.9. The Kier molecular flexibility index (Phi) is 6.01. The van der Waals surface area contributed by atoms with Gasteiger partial charge >= 0.3 is 0 Å². The summed E-state index contributed by atoms with van der Waals surface area (Å²) in [6.45, 7) is 6.39. The van der Waals surface area contributed by atoms with Gasteiger partial charge in [-0.2, -0.15) is 0 Å². The lowest BCUT2D eigenvalue weighted by Crippen LogP contribution is -2.18. The van der Waals surface area contributed by atoms with Crippen molar-refractivity contribution >= 4 is 17.1 Å². The van der Waals surface area contributed by atoms with Crippen molar-refractivity contribution < 1.29 is 9.59 Å². The van der Waals surface area contributed by atoms with Crippen molar-refractivity contribution in [1.29, 1.82) is 0 Å². The number of hydrogen-bond donors (Lipinski definition) is 1. The van der Waals surface area contributed by atoms with Crippen molar-refractivity contribution in [2.24, 2.45) is 0 Å². The van der Waals surface area contributed by atoms with Crippen LogP contribution in [0.25, 0.3) is 5.57 Å². The van der Waals surface area contributed by atoms with Gasteiger partial charge in [-0.3, -0.25) is 9.59 Å². The van der Waals surface area contributed by atoms with Crippen LogP contribution in [0, 0.1) is 0 Å². The van der Waals surface area contributed by atoms with E-state index in [1.54, 1.807) is 12.1 Å². The lowest BCUT2D eigenvalue weighted by Gasteiger charge is -2.16. The van der Waals surface area contributed by atoms with E-state index in [1.807, 2.05) is 42.5 Å². The first-order valence-corrected chi connectivity index (χ1v) is 7.84. The molecular weight excluding hydrogens is 286 g/mol. The summed E-state index contributed by atoms with van der Waals surface area (Å²) in [6.07, 6.45) is 1.43. The fourth-order valence-corrected chi connectivity index (χ4v) is 2.43. The van der Waals surface area contributed by atoms with Crippen molar-refractivity contribution in [3.8, 4) is 0 Å². The normalized spacial score (nSPS) is 12.9. The fourth-order valence-electron chi connectivity index (χ4n) is 2.43. The van der Waals surface area contributed by atoms with Gasteiger partial charge in [-0.05, 0) is 35.9 Å². The Morgan fingerprint density at radius 3 is 1.91 bits per heavy atom. The number of Topliss-reactive ketones (excluding diaryl/α,β-unsaturated/α-hetero) is 1. The number of fused-ring (bicyclic) bond motifs is 1. The zero-order valence-electron chi connectivity index (χ0n) is 13.5. The molecule has 0 atom stereocenters. The molecule has 3 rings (SSSR count). The Balaban J connectivity index is 0.000000338. The number of carbonyl (C=O) groups is 2. The Bertz CT molecular complexity index is 715. The molecule has 2 aromatic rings. The second-order valence-electron chi connectivity index (χ2n) is 5.12. The monoisotopic (exact) mass is 307 g/mol. The summed E-state index contributed by atoms with van der Waals surface area (Å²) < 4.78 is 0. The number of nitrogens with one attached hydrogen (secondary N) is 1. The second-order valence-corrected chi connectivity index (χ2v) is 5.12. The average molecular weight is 307 g/mol. The van der Waals surface area contributed by atoms with E-state index in [0.29, 0.717) is 5.56 Å². The quantitative estimate of drug-likeness (QED) is 0.883. The van der Waals surface area contributed by atoms with Gasteiger partial charge in [-0.1, -0.05) is 68.4 Å². The SMILES string of the molecule is CCNCC.O=C1C=C(c2ccccc2)c2ccccc2C1=O. The van der Waals surface area contributed by atoms with Crippen LogP contribution in [0.4, 0.5) is 0 Å². The molecule has 23 heavy (non-hydrogen) atoms. The lowest BCUT2D eigenvalue weighted by molar-refractivity contribution is -0.111. The molecule has 0 unspecified atom stereocenters. The maximum absolute atomic E-state index is 11.8. The van der Waals surface area contributed by atoms with Gasteiger partial charge in [0.25, 0.3) is 0 Å². The first-order chi connectivity index (χ1) is 11.2. The maximum atomic E-state index is 11.8. The maximum Gasteiger partial charge on any atom is 0.233 e. The zero-order valence-corrected chi connectivity index (χ0v) is 13.5. The molecule has 1 aliphatic rings. The first kappa shape index (κ1) is 16.8. The fraction of sp³-hybridized carbons (Fsp3) is 0.200. The highest BCUT2D eigenvalue weighted by Crippen LogP contribution is 2.30. The molecule has 0 radical (unpaired) electrons. The van der Waals surface area contributed by atoms with Crippen molar-refractivity contribution in [3.63, 3.8) is 0 Å². The van der Waals surface area contributed by atoms with Crippen LogP contribution in [-0.2, 0) is 4.79 Å². The third-order valence-corrected chi connectivity index (χ3v) is 3.55. The molecule has 118 valence electrons. The molecule has 0 spiro atoms. The highest BCUT2D eigenvalue weighted by Gasteiger charge is 2.25. The molecule has 1 aliphatic carbocycles. The van der Waals surface area contributed by atoms with Gasteiger partial charge in [0.15, 0.2) is 0 Å². The summed E-state index contributed by atoms with van der Waals surface area (Å²) in [7, 11) is 0. The van der Waals surface area contributed by atoms with Gasteiger partial charge in [0.1, 0.15) is 0 Å². The molecule has 0 saturated heterocycles. The van der Waals surface area contributed by atoms with Crippen LogP contribution < -0.4 is 5.32 Å². The minimum absolute atomic E-state index is 0.426. The van der Waals surface area contributed by atoms with Gasteiger partial charge in [0.2, 0.25) is 11.6 Å². The number of rotatable bonds is 3. The molecule has 0 amide bonds. The minimum atomic E-state index is -0.451. The number of benzene rings is 2. The van der Waals surface area contributed by atoms with E-state index in [0.717, 1.165) is 29.8 Å². The third-order valence-electron chi connectivity index (χ3n) is 3.55. The van der Waals surface area contributed by atoms with Gasteiger partial charge in [-0.25, -0.2) is 0 Å². The summed E-state index contributed by atoms with van der Waals surface area (Å²) in [5, 5.41) is 3.11. The van der Waals surface area contributed by atoms with Crippen LogP contribution in [0.5, 0.6) is 0 Å². The van der Waals surface area contributed by atoms with Crippen molar-refractivity contribution in [2.75, 3.05) is 13.1 Å². The Hall–Kier alpha value is -2.52. The van der Waals surface area contributed by atoms with Crippen molar-refractivity contribution in [3.05, 3.63) is 77.4 Å². The van der Waals surface area contributed by atoms with E-state index in [4.69, 9.17) is 0 Å². The molecule has 0 fully saturated rings. The first-order valence-electron chi connectivity index (χ1n) is 7.84. The molecule has 0 aromatic heterocycles. The van der Waals surface area contributed by atoms with Crippen LogP contribution in [0.2, 0.25) is 0 Å². The van der Waals surface area contributed by atoms with E-state index in [9.17, 15) is 9.59 Å². The molecule has 1 N–H and O–H groups in total. The highest BCUT2D eigenvalue weighted by molar-refractivity contribution is 6.51. The van der Waals surface area contributed by atoms with E-state index in [1.165, 1.54) is 6.08 Å². The smallest absolute Gasteiger partial charge is 0.233 e. The second kappa shape index (κ2) is 8.20. The topological polar surface area (TPSA) is 46.2 Å². The summed E-state index contributed by atoms with van der Waals surface area (Å²) in [5.74, 6) is -0.877. The molecule has 0 bridgehead atoms. The average Bonchev–Trinajstić information content (AvgIpc) is 2.60. The minimum Gasteiger partial charge on any atom is -0.317 e. The zero-order chi connectivity index (χ0) is 16.7. The van der Waals surface area contributed by atoms with Crippen LogP contribution in [-0.4, -0.2) is 24.7 Å². The summed E-state index contributed by atoms with van der Waals surface area (Å²) >= 11 is 0. The van der Waals surface area contributed by atoms with Gasteiger partial charge < -0.3 is 5.32 Å². The number of ketones is 2. The van der Waals surface area contributed by atoms with E-state index in [-0.39, 0.29) is 0 Å². The molecular formula is C20H21NO2. The number of carbonyl (C=O) groups excluding carboxylic acids is 2. The summed E-state index contributed by atoms with van der Waals surface area (Å²) in [4.78, 5) is 23.5. The van der Waals surface area contributed by atoms with Crippen LogP contribution >= 0.6 is 0 Å². The standard InChI is InChI=1S/C16H10O2.C4H11N/c17-15-10-14(11-6-2-1-3-7-11)12-8-4-5-9-13(12)16(15)18;1-3-5-4-2/h1-10H;5H,3-4H2,1-2H3. The highest BCUT2D eigenvalue weighted by atomic mass is 16.2. The van der Waals surface area contributed by atoms with E-state index >= 15 is 0 Å². The van der Waals surface area contributed by atoms with E-state index in [2.05, 4.69) is 19.2 Å². The predicted octanol–water partition coefficient (Wildman–Crippen LogP) is 3.50. The molecule has 3 heteroatoms. The Labute approximate surface area is 137 Å². The molecule has 2 aromatic carbocycles. The van der Waals surface area contributed by atoms with Crippen LogP contribution in [0.3, 0.4) is 0 Å².